The van der Waals surface area contributed by atoms with Gasteiger partial charge in [-0.25, -0.2) is 4.98 Å². The lowest BCUT2D eigenvalue weighted by Crippen LogP contribution is -2.29. The van der Waals surface area contributed by atoms with E-state index in [1.807, 2.05) is 22.9 Å². The molecule has 0 unspecified atom stereocenters. The first-order valence-corrected chi connectivity index (χ1v) is 7.88. The van der Waals surface area contributed by atoms with Crippen molar-refractivity contribution in [1.82, 2.24) is 14.9 Å². The van der Waals surface area contributed by atoms with Crippen LogP contribution in [0.4, 0.5) is 0 Å². The van der Waals surface area contributed by atoms with E-state index >= 15 is 0 Å². The molecule has 8 heteroatoms. The number of nitrogens with one attached hydrogen (secondary N) is 1. The third-order valence-electron chi connectivity index (χ3n) is 3.58. The molecule has 8 nitrogen and oxygen atoms in total. The summed E-state index contributed by atoms with van der Waals surface area (Å²) in [6.45, 7) is 3.29. The van der Waals surface area contributed by atoms with E-state index in [9.17, 15) is 4.79 Å². The predicted octanol–water partition coefficient (Wildman–Crippen LogP) is 0.943. The van der Waals surface area contributed by atoms with Crippen molar-refractivity contribution in [3.8, 4) is 17.2 Å². The van der Waals surface area contributed by atoms with Gasteiger partial charge in [0.15, 0.2) is 18.1 Å². The quantitative estimate of drug-likeness (QED) is 0.663. The molecule has 1 aromatic carbocycles. The summed E-state index contributed by atoms with van der Waals surface area (Å²) in [7, 11) is 3.07. The molecule has 1 heterocycles. The molecule has 1 amide bonds. The minimum Gasteiger partial charge on any atom is -0.493 e. The summed E-state index contributed by atoms with van der Waals surface area (Å²) in [5, 5.41) is 3.43. The summed E-state index contributed by atoms with van der Waals surface area (Å²) in [6, 6.07) is 3.93. The van der Waals surface area contributed by atoms with Crippen molar-refractivity contribution in [3.05, 3.63) is 36.4 Å². The van der Waals surface area contributed by atoms with E-state index in [0.717, 1.165) is 12.1 Å². The average Bonchev–Trinajstić information content (AvgIpc) is 3.10. The van der Waals surface area contributed by atoms with Gasteiger partial charge in [-0.3, -0.25) is 4.79 Å². The largest absolute Gasteiger partial charge is 0.493 e. The van der Waals surface area contributed by atoms with Crippen molar-refractivity contribution in [3.63, 3.8) is 0 Å². The van der Waals surface area contributed by atoms with Crippen molar-refractivity contribution in [2.75, 3.05) is 20.8 Å². The van der Waals surface area contributed by atoms with E-state index < -0.39 is 5.91 Å². The fourth-order valence-corrected chi connectivity index (χ4v) is 2.39. The number of nitrogens with two attached hydrogens (primary N) is 1. The fourth-order valence-electron chi connectivity index (χ4n) is 2.39. The van der Waals surface area contributed by atoms with Crippen LogP contribution in [0, 0.1) is 0 Å². The Balaban J connectivity index is 2.06. The first-order chi connectivity index (χ1) is 12.0. The number of rotatable bonds is 10. The van der Waals surface area contributed by atoms with E-state index in [4.69, 9.17) is 19.9 Å². The molecule has 0 saturated heterocycles. The number of primary amides is 1. The Bertz CT molecular complexity index is 663. The Morgan fingerprint density at radius 1 is 1.32 bits per heavy atom. The van der Waals surface area contributed by atoms with Crippen molar-refractivity contribution in [2.45, 2.75) is 26.1 Å². The normalized spacial score (nSPS) is 11.8. The number of hydrogen-bond donors (Lipinski definition) is 2. The molecule has 0 saturated carbocycles. The molecule has 2 rings (SSSR count). The van der Waals surface area contributed by atoms with E-state index in [2.05, 4.69) is 17.2 Å². The molecule has 3 N–H and O–H groups in total. The number of methoxy groups -OCH3 is 2. The van der Waals surface area contributed by atoms with Gasteiger partial charge in [-0.1, -0.05) is 0 Å². The van der Waals surface area contributed by atoms with E-state index in [1.54, 1.807) is 12.5 Å². The number of imidazole rings is 1. The average molecular weight is 348 g/mol. The van der Waals surface area contributed by atoms with Gasteiger partial charge in [0.1, 0.15) is 0 Å². The number of aromatic nitrogens is 2. The van der Waals surface area contributed by atoms with Crippen LogP contribution in [0.1, 0.15) is 12.5 Å². The summed E-state index contributed by atoms with van der Waals surface area (Å²) in [5.41, 5.74) is 6.10. The van der Waals surface area contributed by atoms with Crippen LogP contribution in [0.3, 0.4) is 0 Å². The molecule has 136 valence electrons. The minimum absolute atomic E-state index is 0.244. The van der Waals surface area contributed by atoms with Gasteiger partial charge in [0.05, 0.1) is 20.5 Å². The molecule has 0 bridgehead atoms. The van der Waals surface area contributed by atoms with Gasteiger partial charge < -0.3 is 29.8 Å². The highest BCUT2D eigenvalue weighted by atomic mass is 16.5. The molecule has 25 heavy (non-hydrogen) atoms. The Kier molecular flexibility index (Phi) is 6.64. The van der Waals surface area contributed by atoms with Gasteiger partial charge in [0.25, 0.3) is 5.91 Å². The van der Waals surface area contributed by atoms with Crippen LogP contribution >= 0.6 is 0 Å². The lowest BCUT2D eigenvalue weighted by molar-refractivity contribution is -0.119. The second kappa shape index (κ2) is 8.93. The Morgan fingerprint density at radius 2 is 2.00 bits per heavy atom. The highest BCUT2D eigenvalue weighted by Crippen LogP contribution is 2.38. The van der Waals surface area contributed by atoms with Gasteiger partial charge in [-0.2, -0.15) is 0 Å². The number of amides is 1. The first kappa shape index (κ1) is 18.6. The van der Waals surface area contributed by atoms with Gasteiger partial charge in [0, 0.05) is 31.5 Å². The summed E-state index contributed by atoms with van der Waals surface area (Å²) in [4.78, 5) is 15.0. The zero-order valence-electron chi connectivity index (χ0n) is 14.7. The molecule has 0 aliphatic carbocycles. The monoisotopic (exact) mass is 348 g/mol. The molecular weight excluding hydrogens is 324 g/mol. The maximum absolute atomic E-state index is 10.9. The van der Waals surface area contributed by atoms with Crippen molar-refractivity contribution in [1.29, 1.82) is 0 Å². The standard InChI is InChI=1S/C17H24N4O4/c1-12(9-21-5-4-19-11-21)20-8-13-6-14(23-2)17(15(7-13)24-3)25-10-16(18)22/h4-7,11-12,20H,8-10H2,1-3H3,(H2,18,22)/t12-/m1/s1. The zero-order valence-corrected chi connectivity index (χ0v) is 14.7. The van der Waals surface area contributed by atoms with Gasteiger partial charge >= 0.3 is 0 Å². The molecule has 2 aromatic rings. The second-order valence-corrected chi connectivity index (χ2v) is 5.63. The van der Waals surface area contributed by atoms with Crippen LogP contribution in [0.25, 0.3) is 0 Å². The number of nitrogens with zero attached hydrogens (tertiary/aromatic N) is 2. The van der Waals surface area contributed by atoms with Crippen molar-refractivity contribution in [2.24, 2.45) is 5.73 Å². The molecule has 0 aliphatic heterocycles. The Labute approximate surface area is 146 Å². The molecule has 0 radical (unpaired) electrons. The molecule has 0 spiro atoms. The number of hydrogen-bond acceptors (Lipinski definition) is 6. The zero-order chi connectivity index (χ0) is 18.2. The summed E-state index contributed by atoms with van der Waals surface area (Å²) in [6.07, 6.45) is 5.47. The van der Waals surface area contributed by atoms with E-state index in [1.165, 1.54) is 14.2 Å². The summed E-state index contributed by atoms with van der Waals surface area (Å²) < 4.78 is 18.1. The molecule has 1 aromatic heterocycles. The van der Waals surface area contributed by atoms with Gasteiger partial charge in [0.2, 0.25) is 5.75 Å². The van der Waals surface area contributed by atoms with E-state index in [-0.39, 0.29) is 12.6 Å². The smallest absolute Gasteiger partial charge is 0.255 e. The maximum Gasteiger partial charge on any atom is 0.255 e. The topological polar surface area (TPSA) is 101 Å². The Morgan fingerprint density at radius 3 is 2.52 bits per heavy atom. The minimum atomic E-state index is -0.567. The SMILES string of the molecule is COc1cc(CN[C@H](C)Cn2ccnc2)cc(OC)c1OCC(N)=O. The number of benzene rings is 1. The Hall–Kier alpha value is -2.74. The third kappa shape index (κ3) is 5.39. The van der Waals surface area contributed by atoms with Crippen LogP contribution in [-0.2, 0) is 17.9 Å². The van der Waals surface area contributed by atoms with Crippen LogP contribution in [0.5, 0.6) is 17.2 Å². The number of carbonyl (C=O) groups excluding carboxylic acids is 1. The lowest BCUT2D eigenvalue weighted by atomic mass is 10.1. The molecule has 0 aliphatic rings. The molecular formula is C17H24N4O4. The number of ether oxygens (including phenoxy) is 3. The van der Waals surface area contributed by atoms with Crippen LogP contribution in [-0.4, -0.2) is 42.3 Å². The lowest BCUT2D eigenvalue weighted by Gasteiger charge is -2.18. The van der Waals surface area contributed by atoms with E-state index in [0.29, 0.717) is 23.8 Å². The molecule has 1 atom stereocenters. The second-order valence-electron chi connectivity index (χ2n) is 5.63. The van der Waals surface area contributed by atoms with Crippen LogP contribution < -0.4 is 25.3 Å². The van der Waals surface area contributed by atoms with Gasteiger partial charge in [-0.15, -0.1) is 0 Å². The highest BCUT2D eigenvalue weighted by molar-refractivity contribution is 5.75. The van der Waals surface area contributed by atoms with Crippen LogP contribution in [0.15, 0.2) is 30.9 Å². The predicted molar refractivity (Wildman–Crippen MR) is 92.8 cm³/mol. The first-order valence-electron chi connectivity index (χ1n) is 7.88. The van der Waals surface area contributed by atoms with Gasteiger partial charge in [-0.05, 0) is 24.6 Å². The fraction of sp³-hybridized carbons (Fsp3) is 0.412. The van der Waals surface area contributed by atoms with Crippen molar-refractivity contribution < 1.29 is 19.0 Å². The van der Waals surface area contributed by atoms with Crippen molar-refractivity contribution >= 4 is 5.91 Å². The summed E-state index contributed by atoms with van der Waals surface area (Å²) >= 11 is 0. The van der Waals surface area contributed by atoms with Crippen LogP contribution in [0.2, 0.25) is 0 Å². The maximum atomic E-state index is 10.9. The highest BCUT2D eigenvalue weighted by Gasteiger charge is 2.15. The third-order valence-corrected chi connectivity index (χ3v) is 3.58. The molecule has 0 fully saturated rings. The number of carbonyl (C=O) groups is 1. The summed E-state index contributed by atoms with van der Waals surface area (Å²) in [5.74, 6) is 0.765.